The molecule has 0 aliphatic carbocycles. The minimum absolute atomic E-state index is 0.254. The van der Waals surface area contributed by atoms with Crippen LogP contribution in [-0.2, 0) is 16.6 Å². The molecule has 0 amide bonds. The van der Waals surface area contributed by atoms with Crippen LogP contribution >= 0.6 is 0 Å². The molecule has 1 saturated heterocycles. The summed E-state index contributed by atoms with van der Waals surface area (Å²) in [5.74, 6) is 1.92. The molecule has 23 heavy (non-hydrogen) atoms. The Balaban J connectivity index is 1.75. The van der Waals surface area contributed by atoms with E-state index < -0.39 is 10.0 Å². The third-order valence-electron chi connectivity index (χ3n) is 3.68. The maximum absolute atomic E-state index is 11.7. The Morgan fingerprint density at radius 1 is 1.48 bits per heavy atom. The second-order valence-electron chi connectivity index (χ2n) is 5.79. The normalized spacial score (nSPS) is 18.5. The molecule has 1 aliphatic rings. The Bertz CT molecular complexity index is 639. The van der Waals surface area contributed by atoms with Crippen LogP contribution < -0.4 is 10.6 Å². The van der Waals surface area contributed by atoms with Crippen molar-refractivity contribution in [3.05, 3.63) is 17.5 Å². The fourth-order valence-corrected chi connectivity index (χ4v) is 3.85. The summed E-state index contributed by atoms with van der Waals surface area (Å²) >= 11 is 0. The minimum Gasteiger partial charge on any atom is -0.359 e. The van der Waals surface area contributed by atoms with Crippen LogP contribution in [0.3, 0.4) is 0 Å². The molecule has 0 atom stereocenters. The van der Waals surface area contributed by atoms with Crippen LogP contribution in [0.5, 0.6) is 0 Å². The number of nitrogens with one attached hydrogen (secondary N) is 2. The summed E-state index contributed by atoms with van der Waals surface area (Å²) < 4.78 is 30.2. The lowest BCUT2D eigenvalue weighted by Crippen LogP contribution is -2.41. The molecule has 2 rings (SSSR count). The third kappa shape index (κ3) is 4.93. The number of nitrogens with zero attached hydrogens (tertiary/aromatic N) is 3. The van der Waals surface area contributed by atoms with Gasteiger partial charge in [0.15, 0.2) is 11.7 Å². The predicted octanol–water partition coefficient (Wildman–Crippen LogP) is 0.499. The van der Waals surface area contributed by atoms with Gasteiger partial charge in [-0.2, -0.15) is 0 Å². The maximum Gasteiger partial charge on any atom is 0.214 e. The highest BCUT2D eigenvalue weighted by Crippen LogP contribution is 2.14. The van der Waals surface area contributed by atoms with E-state index in [-0.39, 0.29) is 5.75 Å². The van der Waals surface area contributed by atoms with Gasteiger partial charge in [-0.3, -0.25) is 4.99 Å². The smallest absolute Gasteiger partial charge is 0.214 e. The number of aromatic nitrogens is 1. The lowest BCUT2D eigenvalue weighted by molar-refractivity contribution is 0.371. The highest BCUT2D eigenvalue weighted by atomic mass is 32.2. The van der Waals surface area contributed by atoms with Crippen molar-refractivity contribution in [1.29, 1.82) is 0 Å². The number of guanidine groups is 1. The van der Waals surface area contributed by atoms with Crippen molar-refractivity contribution in [2.75, 3.05) is 32.4 Å². The average molecular weight is 343 g/mol. The largest absolute Gasteiger partial charge is 0.359 e. The lowest BCUT2D eigenvalue weighted by Gasteiger charge is -2.16. The molecule has 1 aliphatic heterocycles. The highest BCUT2D eigenvalue weighted by Gasteiger charge is 2.27. The molecular formula is C14H25N5O3S. The average Bonchev–Trinajstić information content (AvgIpc) is 3.09. The van der Waals surface area contributed by atoms with Crippen molar-refractivity contribution in [2.45, 2.75) is 32.7 Å². The first kappa shape index (κ1) is 17.7. The lowest BCUT2D eigenvalue weighted by atomic mass is 10.1. The number of aliphatic imine (C=N–C) groups is 1. The van der Waals surface area contributed by atoms with Gasteiger partial charge in [-0.25, -0.2) is 12.7 Å². The van der Waals surface area contributed by atoms with Crippen LogP contribution in [0.15, 0.2) is 15.6 Å². The molecule has 0 bridgehead atoms. The summed E-state index contributed by atoms with van der Waals surface area (Å²) in [5.41, 5.74) is 0.920. The van der Waals surface area contributed by atoms with Gasteiger partial charge in [0.1, 0.15) is 0 Å². The monoisotopic (exact) mass is 343 g/mol. The first-order valence-corrected chi connectivity index (χ1v) is 9.41. The molecule has 9 heteroatoms. The van der Waals surface area contributed by atoms with E-state index in [1.54, 1.807) is 7.05 Å². The highest BCUT2D eigenvalue weighted by molar-refractivity contribution is 7.89. The van der Waals surface area contributed by atoms with Gasteiger partial charge in [0.25, 0.3) is 0 Å². The van der Waals surface area contributed by atoms with Crippen molar-refractivity contribution >= 4 is 16.0 Å². The van der Waals surface area contributed by atoms with Crippen LogP contribution in [0.2, 0.25) is 0 Å². The molecule has 1 aromatic rings. The fraction of sp³-hybridized carbons (Fsp3) is 0.714. The van der Waals surface area contributed by atoms with E-state index in [9.17, 15) is 8.42 Å². The van der Waals surface area contributed by atoms with Crippen molar-refractivity contribution in [2.24, 2.45) is 4.99 Å². The van der Waals surface area contributed by atoms with Gasteiger partial charge in [-0.05, 0) is 12.3 Å². The Morgan fingerprint density at radius 2 is 2.26 bits per heavy atom. The minimum atomic E-state index is -3.04. The second kappa shape index (κ2) is 7.78. The summed E-state index contributed by atoms with van der Waals surface area (Å²) in [7, 11) is -1.37. The van der Waals surface area contributed by atoms with E-state index in [1.807, 2.05) is 6.07 Å². The predicted molar refractivity (Wildman–Crippen MR) is 88.8 cm³/mol. The molecular weight excluding hydrogens is 318 g/mol. The summed E-state index contributed by atoms with van der Waals surface area (Å²) in [4.78, 5) is 4.11. The van der Waals surface area contributed by atoms with Gasteiger partial charge in [-0.1, -0.05) is 19.0 Å². The van der Waals surface area contributed by atoms with E-state index in [2.05, 4.69) is 34.6 Å². The van der Waals surface area contributed by atoms with Gasteiger partial charge >= 0.3 is 0 Å². The summed E-state index contributed by atoms with van der Waals surface area (Å²) in [5, 5.41) is 10.2. The van der Waals surface area contributed by atoms with Gasteiger partial charge in [0.05, 0.1) is 18.0 Å². The first-order valence-electron chi connectivity index (χ1n) is 7.80. The molecule has 1 fully saturated rings. The van der Waals surface area contributed by atoms with Crippen LogP contribution in [-0.4, -0.2) is 56.3 Å². The second-order valence-corrected chi connectivity index (χ2v) is 7.88. The Kier molecular flexibility index (Phi) is 6.00. The molecule has 0 radical (unpaired) electrons. The molecule has 0 spiro atoms. The number of sulfonamides is 1. The van der Waals surface area contributed by atoms with Gasteiger partial charge < -0.3 is 15.2 Å². The standard InChI is InChI=1S/C14H25N5O3S/c1-11(2)13-9-12(22-18-13)10-17-14(15-3)16-5-7-19-6-4-8-23(19,20)21/h9,11H,4-8,10H2,1-3H3,(H2,15,16,17). The molecule has 8 nitrogen and oxygen atoms in total. The number of hydrogen-bond donors (Lipinski definition) is 2. The van der Waals surface area contributed by atoms with Crippen LogP contribution in [0.4, 0.5) is 0 Å². The molecule has 1 aromatic heterocycles. The zero-order chi connectivity index (χ0) is 16.9. The van der Waals surface area contributed by atoms with Crippen molar-refractivity contribution < 1.29 is 12.9 Å². The molecule has 0 unspecified atom stereocenters. The number of hydrogen-bond acceptors (Lipinski definition) is 5. The topological polar surface area (TPSA) is 99.8 Å². The third-order valence-corrected chi connectivity index (χ3v) is 5.64. The van der Waals surface area contributed by atoms with Crippen molar-refractivity contribution in [3.8, 4) is 0 Å². The quantitative estimate of drug-likeness (QED) is 0.576. The van der Waals surface area contributed by atoms with Crippen molar-refractivity contribution in [1.82, 2.24) is 20.1 Å². The maximum atomic E-state index is 11.7. The van der Waals surface area contributed by atoms with Crippen molar-refractivity contribution in [3.63, 3.8) is 0 Å². The molecule has 0 aromatic carbocycles. The number of rotatable bonds is 6. The van der Waals surface area contributed by atoms with Gasteiger partial charge in [0, 0.05) is 32.7 Å². The van der Waals surface area contributed by atoms with E-state index in [0.29, 0.717) is 44.5 Å². The Morgan fingerprint density at radius 3 is 2.83 bits per heavy atom. The fourth-order valence-electron chi connectivity index (χ4n) is 2.32. The first-order chi connectivity index (χ1) is 10.9. The van der Waals surface area contributed by atoms with Gasteiger partial charge in [0.2, 0.25) is 10.0 Å². The van der Waals surface area contributed by atoms with E-state index in [4.69, 9.17) is 4.52 Å². The van der Waals surface area contributed by atoms with E-state index in [1.165, 1.54) is 4.31 Å². The molecule has 130 valence electrons. The Labute approximate surface area is 137 Å². The summed E-state index contributed by atoms with van der Waals surface area (Å²) in [6, 6.07) is 1.92. The molecule has 2 N–H and O–H groups in total. The van der Waals surface area contributed by atoms with Crippen LogP contribution in [0.25, 0.3) is 0 Å². The summed E-state index contributed by atoms with van der Waals surface area (Å²) in [6.07, 6.45) is 0.707. The molecule has 0 saturated carbocycles. The molecule has 2 heterocycles. The zero-order valence-electron chi connectivity index (χ0n) is 13.9. The van der Waals surface area contributed by atoms with Gasteiger partial charge in [-0.15, -0.1) is 0 Å². The zero-order valence-corrected chi connectivity index (χ0v) is 14.7. The van der Waals surface area contributed by atoms with Crippen LogP contribution in [0.1, 0.15) is 37.6 Å². The van der Waals surface area contributed by atoms with E-state index in [0.717, 1.165) is 11.5 Å². The van der Waals surface area contributed by atoms with Crippen LogP contribution in [0, 0.1) is 0 Å². The Hall–Kier alpha value is -1.61. The summed E-state index contributed by atoms with van der Waals surface area (Å²) in [6.45, 7) is 6.15. The SMILES string of the molecule is CN=C(NCCN1CCCS1(=O)=O)NCc1cc(C(C)C)no1. The van der Waals surface area contributed by atoms with E-state index >= 15 is 0 Å².